The number of hydrogen-bond acceptors (Lipinski definition) is 5. The zero-order valence-corrected chi connectivity index (χ0v) is 20.5. The molecule has 0 aliphatic heterocycles. The summed E-state index contributed by atoms with van der Waals surface area (Å²) in [6, 6.07) is 13.8. The lowest BCUT2D eigenvalue weighted by atomic mass is 9.98. The summed E-state index contributed by atoms with van der Waals surface area (Å²) in [5.74, 6) is -2.01. The lowest BCUT2D eigenvalue weighted by Gasteiger charge is -2.16. The molecule has 0 spiro atoms. The molecule has 0 saturated carbocycles. The molecule has 37 heavy (non-hydrogen) atoms. The molecule has 0 fully saturated rings. The fourth-order valence-corrected chi connectivity index (χ4v) is 3.83. The highest BCUT2D eigenvalue weighted by atomic mass is 32.2. The maximum Gasteiger partial charge on any atom is 0.433 e. The van der Waals surface area contributed by atoms with Gasteiger partial charge in [-0.1, -0.05) is 30.3 Å². The number of amides is 1. The molecule has 2 aromatic carbocycles. The van der Waals surface area contributed by atoms with E-state index < -0.39 is 39.5 Å². The van der Waals surface area contributed by atoms with Crippen molar-refractivity contribution in [2.45, 2.75) is 32.1 Å². The number of benzene rings is 2. The van der Waals surface area contributed by atoms with Crippen molar-refractivity contribution in [3.05, 3.63) is 88.4 Å². The molecule has 194 valence electrons. The number of hydrogen-bond donors (Lipinski definition) is 2. The van der Waals surface area contributed by atoms with Crippen LogP contribution >= 0.6 is 0 Å². The van der Waals surface area contributed by atoms with E-state index in [9.17, 15) is 30.8 Å². The number of halogens is 4. The van der Waals surface area contributed by atoms with Crippen molar-refractivity contribution in [3.63, 3.8) is 0 Å². The van der Waals surface area contributed by atoms with Crippen molar-refractivity contribution in [2.75, 3.05) is 6.26 Å². The molecule has 3 rings (SSSR count). The van der Waals surface area contributed by atoms with Crippen LogP contribution in [0.3, 0.4) is 0 Å². The van der Waals surface area contributed by atoms with Crippen molar-refractivity contribution < 1.29 is 30.8 Å². The molecule has 1 unspecified atom stereocenters. The Bertz CT molecular complexity index is 1450. The first-order valence-electron chi connectivity index (χ1n) is 10.9. The normalized spacial score (nSPS) is 12.6. The van der Waals surface area contributed by atoms with Gasteiger partial charge in [-0.15, -0.1) is 0 Å². The van der Waals surface area contributed by atoms with Gasteiger partial charge in [-0.2, -0.15) is 18.4 Å². The van der Waals surface area contributed by atoms with Gasteiger partial charge in [0.15, 0.2) is 0 Å². The minimum Gasteiger partial charge on any atom is -0.351 e. The van der Waals surface area contributed by atoms with E-state index in [1.807, 2.05) is 6.07 Å². The summed E-state index contributed by atoms with van der Waals surface area (Å²) >= 11 is 0. The van der Waals surface area contributed by atoms with Gasteiger partial charge in [0.25, 0.3) is 0 Å². The Morgan fingerprint density at radius 2 is 1.70 bits per heavy atom. The Morgan fingerprint density at radius 1 is 1.05 bits per heavy atom. The average molecular weight is 535 g/mol. The molecular weight excluding hydrogens is 512 g/mol. The largest absolute Gasteiger partial charge is 0.433 e. The van der Waals surface area contributed by atoms with E-state index in [1.54, 1.807) is 0 Å². The van der Waals surface area contributed by atoms with Crippen LogP contribution in [-0.2, 0) is 34.1 Å². The molecule has 1 amide bonds. The molecular formula is C25H22F4N4O3S. The molecule has 0 aliphatic carbocycles. The Kier molecular flexibility index (Phi) is 8.30. The number of nitrogens with zero attached hydrogens (tertiary/aromatic N) is 2. The fourth-order valence-electron chi connectivity index (χ4n) is 3.41. The summed E-state index contributed by atoms with van der Waals surface area (Å²) in [5, 5.41) is 11.6. The number of alkyl halides is 3. The number of carbonyl (C=O) groups is 1. The Balaban J connectivity index is 1.79. The summed E-state index contributed by atoms with van der Waals surface area (Å²) in [6.07, 6.45) is -3.73. The first-order chi connectivity index (χ1) is 17.3. The van der Waals surface area contributed by atoms with E-state index in [0.29, 0.717) is 22.3 Å². The lowest BCUT2D eigenvalue weighted by Crippen LogP contribution is -2.28. The Morgan fingerprint density at radius 3 is 2.27 bits per heavy atom. The van der Waals surface area contributed by atoms with Crippen LogP contribution in [0.25, 0.3) is 11.3 Å². The number of rotatable bonds is 8. The fraction of sp³-hybridized carbons (Fsp3) is 0.240. The molecule has 0 saturated heterocycles. The Hall–Kier alpha value is -3.82. The molecule has 0 radical (unpaired) electrons. The van der Waals surface area contributed by atoms with Gasteiger partial charge in [0.05, 0.1) is 29.5 Å². The number of sulfonamides is 1. The zero-order valence-electron chi connectivity index (χ0n) is 19.7. The van der Waals surface area contributed by atoms with E-state index in [2.05, 4.69) is 15.0 Å². The van der Waals surface area contributed by atoms with E-state index in [4.69, 9.17) is 5.26 Å². The second-order valence-corrected chi connectivity index (χ2v) is 10.1. The van der Waals surface area contributed by atoms with Gasteiger partial charge in [0.2, 0.25) is 15.9 Å². The molecule has 7 nitrogen and oxygen atoms in total. The first-order valence-corrected chi connectivity index (χ1v) is 12.8. The summed E-state index contributed by atoms with van der Waals surface area (Å²) in [5.41, 5.74) is 0.303. The smallest absolute Gasteiger partial charge is 0.351 e. The van der Waals surface area contributed by atoms with E-state index in [1.165, 1.54) is 49.4 Å². The van der Waals surface area contributed by atoms with Crippen molar-refractivity contribution in [1.29, 1.82) is 5.26 Å². The van der Waals surface area contributed by atoms with Gasteiger partial charge >= 0.3 is 6.18 Å². The average Bonchev–Trinajstić information content (AvgIpc) is 2.85. The van der Waals surface area contributed by atoms with Crippen LogP contribution in [0.4, 0.5) is 17.6 Å². The number of nitriles is 1. The van der Waals surface area contributed by atoms with Gasteiger partial charge in [0, 0.05) is 24.2 Å². The third-order valence-electron chi connectivity index (χ3n) is 5.50. The summed E-state index contributed by atoms with van der Waals surface area (Å²) in [7, 11) is -3.51. The molecule has 1 atom stereocenters. The highest BCUT2D eigenvalue weighted by Gasteiger charge is 2.33. The van der Waals surface area contributed by atoms with Crippen LogP contribution in [0.2, 0.25) is 0 Å². The third-order valence-corrected chi connectivity index (χ3v) is 6.17. The molecule has 0 aliphatic rings. The summed E-state index contributed by atoms with van der Waals surface area (Å²) < 4.78 is 78.9. The maximum absolute atomic E-state index is 14.4. The lowest BCUT2D eigenvalue weighted by molar-refractivity contribution is -0.141. The SMILES string of the molecule is CC(C(=O)NCc1ccc(C(F)(F)F)nc1-c1ccc(C#N)cc1)c1ccc(CNS(C)(=O)=O)c(F)c1. The number of nitrogens with one attached hydrogen (secondary N) is 2. The van der Waals surface area contributed by atoms with Crippen molar-refractivity contribution >= 4 is 15.9 Å². The van der Waals surface area contributed by atoms with Crippen LogP contribution in [0.5, 0.6) is 0 Å². The second-order valence-electron chi connectivity index (χ2n) is 8.27. The molecule has 1 aromatic heterocycles. The standard InChI is InChI=1S/C25H22F4N4O3S/c1-15(18-7-8-19(21(26)11-18)14-32-37(2,35)36)24(34)31-13-20-9-10-22(25(27,28)29)33-23(20)17-5-3-16(12-30)4-6-17/h3-11,15,32H,13-14H2,1-2H3,(H,31,34). The minimum atomic E-state index is -4.68. The van der Waals surface area contributed by atoms with Crippen LogP contribution in [0.1, 0.15) is 40.8 Å². The van der Waals surface area contributed by atoms with E-state index in [0.717, 1.165) is 18.4 Å². The molecule has 3 aromatic rings. The first kappa shape index (κ1) is 27.8. The number of pyridine rings is 1. The predicted octanol–water partition coefficient (Wildman–Crippen LogP) is 4.25. The zero-order chi connectivity index (χ0) is 27.4. The van der Waals surface area contributed by atoms with E-state index >= 15 is 0 Å². The van der Waals surface area contributed by atoms with Crippen molar-refractivity contribution in [2.24, 2.45) is 0 Å². The van der Waals surface area contributed by atoms with Crippen LogP contribution in [0.15, 0.2) is 54.6 Å². The van der Waals surface area contributed by atoms with Gasteiger partial charge in [-0.25, -0.2) is 22.5 Å². The van der Waals surface area contributed by atoms with E-state index in [-0.39, 0.29) is 24.3 Å². The van der Waals surface area contributed by atoms with Crippen molar-refractivity contribution in [3.8, 4) is 17.3 Å². The molecule has 12 heteroatoms. The topological polar surface area (TPSA) is 112 Å². The monoisotopic (exact) mass is 534 g/mol. The van der Waals surface area contributed by atoms with Crippen LogP contribution < -0.4 is 10.0 Å². The third kappa shape index (κ3) is 7.34. The van der Waals surface area contributed by atoms with Crippen molar-refractivity contribution in [1.82, 2.24) is 15.0 Å². The molecule has 2 N–H and O–H groups in total. The van der Waals surface area contributed by atoms with Gasteiger partial charge < -0.3 is 5.32 Å². The number of aromatic nitrogens is 1. The summed E-state index contributed by atoms with van der Waals surface area (Å²) in [6.45, 7) is 1.14. The van der Waals surface area contributed by atoms with Gasteiger partial charge in [0.1, 0.15) is 11.5 Å². The second kappa shape index (κ2) is 11.1. The summed E-state index contributed by atoms with van der Waals surface area (Å²) in [4.78, 5) is 16.5. The van der Waals surface area contributed by atoms with Gasteiger partial charge in [-0.05, 0) is 42.3 Å². The van der Waals surface area contributed by atoms with Crippen LogP contribution in [-0.4, -0.2) is 25.6 Å². The van der Waals surface area contributed by atoms with Crippen LogP contribution in [0, 0.1) is 17.1 Å². The highest BCUT2D eigenvalue weighted by molar-refractivity contribution is 7.88. The highest BCUT2D eigenvalue weighted by Crippen LogP contribution is 2.31. The quantitative estimate of drug-likeness (QED) is 0.420. The number of carbonyl (C=O) groups excluding carboxylic acids is 1. The molecule has 1 heterocycles. The maximum atomic E-state index is 14.4. The van der Waals surface area contributed by atoms with Gasteiger partial charge in [-0.3, -0.25) is 4.79 Å². The minimum absolute atomic E-state index is 0.000965. The molecule has 0 bridgehead atoms. The predicted molar refractivity (Wildman–Crippen MR) is 128 cm³/mol. The Labute approximate surface area is 211 Å².